The Labute approximate surface area is 200 Å². The van der Waals surface area contributed by atoms with Gasteiger partial charge >= 0.3 is 0 Å². The lowest BCUT2D eigenvalue weighted by Gasteiger charge is -2.37. The molecule has 3 aromatic rings. The van der Waals surface area contributed by atoms with Crippen molar-refractivity contribution in [3.63, 3.8) is 0 Å². The van der Waals surface area contributed by atoms with Crippen LogP contribution < -0.4 is 14.9 Å². The average Bonchev–Trinajstić information content (AvgIpc) is 3.15. The molecule has 2 fully saturated rings. The van der Waals surface area contributed by atoms with E-state index in [2.05, 4.69) is 44.0 Å². The van der Waals surface area contributed by atoms with Gasteiger partial charge in [0.05, 0.1) is 11.9 Å². The highest BCUT2D eigenvalue weighted by atomic mass is 32.2. The van der Waals surface area contributed by atoms with Gasteiger partial charge in [0.1, 0.15) is 10.6 Å². The molecule has 1 saturated heterocycles. The van der Waals surface area contributed by atoms with Gasteiger partial charge in [-0.05, 0) is 39.2 Å². The fraction of sp³-hybridized carbons (Fsp3) is 0.571. The van der Waals surface area contributed by atoms with E-state index in [1.165, 1.54) is 12.4 Å². The van der Waals surface area contributed by atoms with E-state index in [0.29, 0.717) is 30.1 Å². The number of hydrogen-bond donors (Lipinski definition) is 2. The highest BCUT2D eigenvalue weighted by molar-refractivity contribution is 7.89. The molecule has 1 aliphatic carbocycles. The van der Waals surface area contributed by atoms with Crippen LogP contribution in [0.1, 0.15) is 45.5 Å². The van der Waals surface area contributed by atoms with Gasteiger partial charge in [0.2, 0.25) is 10.0 Å². The smallest absolute Gasteiger partial charge is 0.291 e. The van der Waals surface area contributed by atoms with Crippen molar-refractivity contribution in [1.82, 2.24) is 29.6 Å². The van der Waals surface area contributed by atoms with Crippen molar-refractivity contribution in [2.24, 2.45) is 5.92 Å². The van der Waals surface area contributed by atoms with Crippen LogP contribution in [0.4, 0.5) is 14.5 Å². The van der Waals surface area contributed by atoms with E-state index < -0.39 is 27.0 Å². The number of imidazole rings is 1. The second-order valence-corrected chi connectivity index (χ2v) is 12.3. The quantitative estimate of drug-likeness (QED) is 0.524. The monoisotopic (exact) mass is 511 g/mol. The van der Waals surface area contributed by atoms with Crippen LogP contribution in [0.15, 0.2) is 23.4 Å². The zero-order valence-corrected chi connectivity index (χ0v) is 20.9. The number of anilines is 1. The molecular weight excluding hydrogens is 484 g/mol. The van der Waals surface area contributed by atoms with Crippen LogP contribution in [0.5, 0.6) is 0 Å². The van der Waals surface area contributed by atoms with Crippen LogP contribution in [0.2, 0.25) is 0 Å². The molecule has 13 heteroatoms. The summed E-state index contributed by atoms with van der Waals surface area (Å²) in [6, 6.07) is 2.04. The fourth-order valence-electron chi connectivity index (χ4n) is 4.62. The lowest BCUT2D eigenvalue weighted by molar-refractivity contribution is 0.150. The number of piperazine rings is 1. The maximum absolute atomic E-state index is 13.4. The molecular formula is C21H27F2N7O2S2. The van der Waals surface area contributed by atoms with E-state index in [1.54, 1.807) is 10.5 Å². The van der Waals surface area contributed by atoms with E-state index in [-0.39, 0.29) is 27.9 Å². The molecule has 184 valence electrons. The van der Waals surface area contributed by atoms with Crippen LogP contribution in [-0.4, -0.2) is 58.7 Å². The first-order valence-corrected chi connectivity index (χ1v) is 13.4. The minimum absolute atomic E-state index is 0.0898. The molecule has 34 heavy (non-hydrogen) atoms. The van der Waals surface area contributed by atoms with Crippen molar-refractivity contribution >= 4 is 32.7 Å². The Kier molecular flexibility index (Phi) is 5.66. The number of sulfonamides is 1. The number of rotatable bonds is 6. The third-order valence-corrected chi connectivity index (χ3v) is 9.17. The van der Waals surface area contributed by atoms with Crippen molar-refractivity contribution in [1.29, 1.82) is 0 Å². The summed E-state index contributed by atoms with van der Waals surface area (Å²) in [5.74, 6) is 0.248. The number of aromatic nitrogens is 4. The number of fused-ring (bicyclic) bond motifs is 1. The van der Waals surface area contributed by atoms with Gasteiger partial charge in [-0.3, -0.25) is 4.40 Å². The molecule has 4 heterocycles. The van der Waals surface area contributed by atoms with Gasteiger partial charge in [0, 0.05) is 36.9 Å². The molecule has 0 bridgehead atoms. The predicted octanol–water partition coefficient (Wildman–Crippen LogP) is 3.05. The largest absolute Gasteiger partial charge is 0.365 e. The Morgan fingerprint density at radius 1 is 1.24 bits per heavy atom. The highest BCUT2D eigenvalue weighted by Gasteiger charge is 2.49. The van der Waals surface area contributed by atoms with Gasteiger partial charge in [-0.15, -0.1) is 10.2 Å². The van der Waals surface area contributed by atoms with Crippen molar-refractivity contribution in [3.8, 4) is 10.7 Å². The topological polar surface area (TPSA) is 105 Å². The lowest BCUT2D eigenvalue weighted by Crippen LogP contribution is -2.54. The number of hydrogen-bond acceptors (Lipinski definition) is 8. The summed E-state index contributed by atoms with van der Waals surface area (Å²) in [7, 11) is -3.85. The molecule has 0 radical (unpaired) electrons. The summed E-state index contributed by atoms with van der Waals surface area (Å²) < 4.78 is 57.5. The second kappa shape index (κ2) is 8.18. The van der Waals surface area contributed by atoms with Gasteiger partial charge in [-0.2, -0.15) is 0 Å². The lowest BCUT2D eigenvalue weighted by atomic mass is 10.1. The molecule has 1 saturated carbocycles. The molecule has 2 aliphatic rings. The zero-order valence-electron chi connectivity index (χ0n) is 19.3. The molecule has 1 aliphatic heterocycles. The molecule has 0 amide bonds. The molecule has 3 aromatic heterocycles. The Bertz CT molecular complexity index is 1330. The Hall–Kier alpha value is -2.22. The summed E-state index contributed by atoms with van der Waals surface area (Å²) in [5.41, 5.74) is 1.15. The Morgan fingerprint density at radius 2 is 1.91 bits per heavy atom. The van der Waals surface area contributed by atoms with Crippen molar-refractivity contribution in [2.75, 3.05) is 18.0 Å². The molecule has 4 atom stereocenters. The van der Waals surface area contributed by atoms with Gasteiger partial charge in [-0.25, -0.2) is 26.9 Å². The van der Waals surface area contributed by atoms with E-state index in [9.17, 15) is 17.2 Å². The minimum Gasteiger partial charge on any atom is -0.365 e. The molecule has 9 nitrogen and oxygen atoms in total. The van der Waals surface area contributed by atoms with Gasteiger partial charge in [0.25, 0.3) is 6.43 Å². The van der Waals surface area contributed by atoms with Crippen LogP contribution >= 0.6 is 11.3 Å². The maximum atomic E-state index is 13.4. The van der Waals surface area contributed by atoms with E-state index in [4.69, 9.17) is 0 Å². The number of alkyl halides is 2. The van der Waals surface area contributed by atoms with Gasteiger partial charge < -0.3 is 10.2 Å². The van der Waals surface area contributed by atoms with Crippen LogP contribution in [0.25, 0.3) is 16.3 Å². The van der Waals surface area contributed by atoms with Crippen LogP contribution in [0.3, 0.4) is 0 Å². The number of pyridine rings is 1. The fourth-order valence-corrected chi connectivity index (χ4v) is 6.85. The number of nitrogens with zero attached hydrogens (tertiary/aromatic N) is 5. The number of nitrogens with one attached hydrogen (secondary N) is 2. The summed E-state index contributed by atoms with van der Waals surface area (Å²) >= 11 is 0.768. The Morgan fingerprint density at radius 3 is 2.50 bits per heavy atom. The third kappa shape index (κ3) is 4.18. The minimum atomic E-state index is -3.85. The average molecular weight is 512 g/mol. The third-order valence-electron chi connectivity index (χ3n) is 6.64. The predicted molar refractivity (Wildman–Crippen MR) is 126 cm³/mol. The second-order valence-electron chi connectivity index (χ2n) is 9.65. The van der Waals surface area contributed by atoms with E-state index in [0.717, 1.165) is 17.8 Å². The number of halogens is 2. The van der Waals surface area contributed by atoms with Crippen LogP contribution in [0, 0.1) is 5.92 Å². The normalized spacial score (nSPS) is 27.6. The van der Waals surface area contributed by atoms with Gasteiger partial charge in [-0.1, -0.05) is 18.3 Å². The van der Waals surface area contributed by atoms with Crippen molar-refractivity contribution in [2.45, 2.75) is 63.1 Å². The summed E-state index contributed by atoms with van der Waals surface area (Å²) in [5, 5.41) is 10.8. The van der Waals surface area contributed by atoms with Crippen LogP contribution in [-0.2, 0) is 10.0 Å². The highest BCUT2D eigenvalue weighted by Crippen LogP contribution is 2.43. The molecule has 0 aromatic carbocycles. The summed E-state index contributed by atoms with van der Waals surface area (Å²) in [6.07, 6.45) is 1.05. The SMILES string of the molecule is C[C@@H]1C[C@]1(C)NS(=O)(=O)c1cc(N2C[C@H](C)N[C@@H](C)C2)c2ncc(-c3nnc(C(F)F)s3)n2c1. The molecule has 0 unspecified atom stereocenters. The maximum Gasteiger partial charge on any atom is 0.291 e. The summed E-state index contributed by atoms with van der Waals surface area (Å²) in [6.45, 7) is 9.38. The Balaban J connectivity index is 1.66. The van der Waals surface area contributed by atoms with Crippen molar-refractivity contribution < 1.29 is 17.2 Å². The molecule has 5 rings (SSSR count). The van der Waals surface area contributed by atoms with E-state index in [1.807, 2.05) is 13.8 Å². The first-order chi connectivity index (χ1) is 16.0. The van der Waals surface area contributed by atoms with E-state index >= 15 is 0 Å². The first kappa shape index (κ1) is 23.5. The van der Waals surface area contributed by atoms with Gasteiger partial charge in [0.15, 0.2) is 15.7 Å². The zero-order chi connectivity index (χ0) is 24.4. The van der Waals surface area contributed by atoms with Crippen molar-refractivity contribution in [3.05, 3.63) is 23.5 Å². The summed E-state index contributed by atoms with van der Waals surface area (Å²) in [4.78, 5) is 6.74. The molecule has 2 N–H and O–H groups in total. The first-order valence-electron chi connectivity index (χ1n) is 11.1. The standard InChI is InChI=1S/C21H27F2N7O2S2/c1-11-6-21(11,4)28-34(31,32)14-5-15(29-8-12(2)25-13(3)9-29)18-24-7-16(30(18)10-14)19-26-27-20(33-19)17(22)23/h5,7,10-13,17,25,28H,6,8-9H2,1-4H3/t11-,12+,13+,21+/m1/s1. The molecule has 0 spiro atoms.